The SMILES string of the molecule is COC(=O)C(c1ccccc1F)N1CCC(S)C(=CCN2CCN(C(C)C(=O)O)C(=O)C2)C1.Cl.Cl. The molecule has 1 aromatic carbocycles. The average molecular weight is 552 g/mol. The van der Waals surface area contributed by atoms with E-state index in [0.717, 1.165) is 5.57 Å². The molecule has 0 aliphatic carbocycles. The quantitative estimate of drug-likeness (QED) is 0.305. The molecule has 2 aliphatic heterocycles. The molecule has 12 heteroatoms. The van der Waals surface area contributed by atoms with E-state index in [1.807, 2.05) is 15.9 Å². The molecular weight excluding hydrogens is 520 g/mol. The van der Waals surface area contributed by atoms with Crippen LogP contribution in [0.4, 0.5) is 4.39 Å². The fourth-order valence-electron chi connectivity index (χ4n) is 4.27. The Morgan fingerprint density at radius 3 is 2.51 bits per heavy atom. The zero-order valence-electron chi connectivity index (χ0n) is 19.6. The van der Waals surface area contributed by atoms with Crippen molar-refractivity contribution in [3.05, 3.63) is 47.3 Å². The highest BCUT2D eigenvalue weighted by Crippen LogP contribution is 2.31. The standard InChI is InChI=1S/C23H30FN3O5S.2ClH/c1-15(22(29)30)27-12-11-25(14-20(27)28)9-7-16-13-26(10-8-19(16)33)21(23(31)32-2)17-5-3-4-6-18(17)24;;/h3-7,15,19,21,33H,8-14H2,1-2H3,(H,29,30);2*1H. The van der Waals surface area contributed by atoms with Crippen LogP contribution in [0.5, 0.6) is 0 Å². The summed E-state index contributed by atoms with van der Waals surface area (Å²) in [6, 6.07) is 4.49. The number of piperidine rings is 1. The smallest absolute Gasteiger partial charge is 0.327 e. The summed E-state index contributed by atoms with van der Waals surface area (Å²) < 4.78 is 19.5. The molecule has 0 aromatic heterocycles. The largest absolute Gasteiger partial charge is 0.480 e. The lowest BCUT2D eigenvalue weighted by Crippen LogP contribution is -2.55. The van der Waals surface area contributed by atoms with Crippen molar-refractivity contribution in [2.45, 2.75) is 30.7 Å². The maximum absolute atomic E-state index is 14.5. The van der Waals surface area contributed by atoms with Gasteiger partial charge in [0.1, 0.15) is 17.9 Å². The van der Waals surface area contributed by atoms with E-state index in [0.29, 0.717) is 39.1 Å². The molecule has 3 atom stereocenters. The number of esters is 1. The highest BCUT2D eigenvalue weighted by molar-refractivity contribution is 7.81. The molecule has 2 fully saturated rings. The Hall–Kier alpha value is -1.85. The Labute approximate surface area is 222 Å². The van der Waals surface area contributed by atoms with Crippen LogP contribution in [0.2, 0.25) is 0 Å². The van der Waals surface area contributed by atoms with Crippen LogP contribution >= 0.6 is 37.4 Å². The normalized spacial score (nSPS) is 22.1. The number of hydrogen-bond acceptors (Lipinski definition) is 7. The van der Waals surface area contributed by atoms with Crippen LogP contribution in [-0.4, -0.2) is 95.3 Å². The van der Waals surface area contributed by atoms with Crippen LogP contribution < -0.4 is 0 Å². The van der Waals surface area contributed by atoms with Gasteiger partial charge < -0.3 is 14.7 Å². The number of methoxy groups -OCH3 is 1. The van der Waals surface area contributed by atoms with Crippen molar-refractivity contribution in [3.63, 3.8) is 0 Å². The van der Waals surface area contributed by atoms with E-state index >= 15 is 0 Å². The van der Waals surface area contributed by atoms with Gasteiger partial charge in [-0.05, 0) is 25.0 Å². The fourth-order valence-corrected chi connectivity index (χ4v) is 4.58. The first-order chi connectivity index (χ1) is 15.7. The Bertz CT molecular complexity index is 938. The van der Waals surface area contributed by atoms with Gasteiger partial charge in [0.2, 0.25) is 5.91 Å². The number of piperazine rings is 1. The first-order valence-electron chi connectivity index (χ1n) is 10.9. The van der Waals surface area contributed by atoms with Gasteiger partial charge in [0, 0.05) is 43.5 Å². The van der Waals surface area contributed by atoms with E-state index in [-0.39, 0.29) is 48.1 Å². The van der Waals surface area contributed by atoms with Gasteiger partial charge in [-0.15, -0.1) is 24.8 Å². The van der Waals surface area contributed by atoms with Gasteiger partial charge in [0.05, 0.1) is 13.7 Å². The molecule has 1 amide bonds. The molecule has 3 rings (SSSR count). The summed E-state index contributed by atoms with van der Waals surface area (Å²) >= 11 is 4.68. The Morgan fingerprint density at radius 2 is 1.91 bits per heavy atom. The third-order valence-electron chi connectivity index (χ3n) is 6.27. The molecule has 1 aromatic rings. The number of nitrogens with zero attached hydrogens (tertiary/aromatic N) is 3. The van der Waals surface area contributed by atoms with E-state index in [1.54, 1.807) is 18.2 Å². The molecule has 35 heavy (non-hydrogen) atoms. The Balaban J connectivity index is 0.00000306. The average Bonchev–Trinajstić information content (AvgIpc) is 2.80. The third kappa shape index (κ3) is 7.57. The topological polar surface area (TPSA) is 90.4 Å². The predicted molar refractivity (Wildman–Crippen MR) is 138 cm³/mol. The van der Waals surface area contributed by atoms with Gasteiger partial charge >= 0.3 is 11.9 Å². The van der Waals surface area contributed by atoms with Crippen LogP contribution in [0, 0.1) is 5.82 Å². The van der Waals surface area contributed by atoms with Gasteiger partial charge in [-0.3, -0.25) is 14.6 Å². The highest BCUT2D eigenvalue weighted by atomic mass is 35.5. The summed E-state index contributed by atoms with van der Waals surface area (Å²) in [4.78, 5) is 41.4. The number of halogens is 3. The maximum Gasteiger partial charge on any atom is 0.327 e. The summed E-state index contributed by atoms with van der Waals surface area (Å²) in [7, 11) is 1.29. The first kappa shape index (κ1) is 31.2. The van der Waals surface area contributed by atoms with Crippen LogP contribution in [0.3, 0.4) is 0 Å². The molecule has 0 radical (unpaired) electrons. The number of hydrogen-bond donors (Lipinski definition) is 2. The first-order valence-corrected chi connectivity index (χ1v) is 11.4. The molecule has 2 aliphatic rings. The number of carbonyl (C=O) groups excluding carboxylic acids is 2. The number of rotatable bonds is 7. The van der Waals surface area contributed by atoms with Crippen LogP contribution in [0.15, 0.2) is 35.9 Å². The summed E-state index contributed by atoms with van der Waals surface area (Å²) in [6.45, 7) is 4.05. The molecule has 2 saturated heterocycles. The number of thiol groups is 1. The molecule has 0 spiro atoms. The number of amides is 1. The van der Waals surface area contributed by atoms with E-state index in [2.05, 4.69) is 12.6 Å². The Kier molecular flexibility index (Phi) is 12.5. The number of benzene rings is 1. The third-order valence-corrected chi connectivity index (χ3v) is 6.86. The lowest BCUT2D eigenvalue weighted by atomic mass is 9.97. The minimum absolute atomic E-state index is 0. The summed E-state index contributed by atoms with van der Waals surface area (Å²) in [5.41, 5.74) is 1.26. The van der Waals surface area contributed by atoms with Crippen molar-refractivity contribution in [1.29, 1.82) is 0 Å². The molecule has 3 unspecified atom stereocenters. The number of carboxylic acid groups (broad SMARTS) is 1. The molecule has 2 heterocycles. The fraction of sp³-hybridized carbons (Fsp3) is 0.522. The number of carbonyl (C=O) groups is 3. The van der Waals surface area contributed by atoms with Crippen LogP contribution in [0.25, 0.3) is 0 Å². The van der Waals surface area contributed by atoms with Gasteiger partial charge in [0.15, 0.2) is 0 Å². The minimum atomic E-state index is -1.02. The molecular formula is C23H32Cl2FN3O5S. The number of carboxylic acids is 1. The summed E-state index contributed by atoms with van der Waals surface area (Å²) in [5.74, 6) is -2.22. The van der Waals surface area contributed by atoms with Gasteiger partial charge in [-0.1, -0.05) is 24.3 Å². The second kappa shape index (κ2) is 14.0. The Morgan fingerprint density at radius 1 is 1.23 bits per heavy atom. The van der Waals surface area contributed by atoms with Crippen molar-refractivity contribution in [2.24, 2.45) is 0 Å². The van der Waals surface area contributed by atoms with Gasteiger partial charge in [0.25, 0.3) is 0 Å². The minimum Gasteiger partial charge on any atom is -0.480 e. The summed E-state index contributed by atoms with van der Waals surface area (Å²) in [6.07, 6.45) is 2.68. The molecule has 1 N–H and O–H groups in total. The molecule has 196 valence electrons. The highest BCUT2D eigenvalue weighted by Gasteiger charge is 2.35. The second-order valence-electron chi connectivity index (χ2n) is 8.34. The zero-order valence-corrected chi connectivity index (χ0v) is 22.2. The van der Waals surface area contributed by atoms with E-state index < -0.39 is 29.8 Å². The van der Waals surface area contributed by atoms with Crippen LogP contribution in [0.1, 0.15) is 24.9 Å². The zero-order chi connectivity index (χ0) is 24.1. The lowest BCUT2D eigenvalue weighted by molar-refractivity contribution is -0.152. The maximum atomic E-state index is 14.5. The van der Waals surface area contributed by atoms with Crippen LogP contribution in [-0.2, 0) is 19.1 Å². The predicted octanol–water partition coefficient (Wildman–Crippen LogP) is 2.43. The molecule has 0 saturated carbocycles. The number of ether oxygens (including phenoxy) is 1. The van der Waals surface area contributed by atoms with Crippen molar-refractivity contribution in [2.75, 3.05) is 46.4 Å². The van der Waals surface area contributed by atoms with Gasteiger partial charge in [-0.2, -0.15) is 12.6 Å². The lowest BCUT2D eigenvalue weighted by Gasteiger charge is -2.38. The van der Waals surface area contributed by atoms with E-state index in [9.17, 15) is 18.8 Å². The van der Waals surface area contributed by atoms with E-state index in [4.69, 9.17) is 9.84 Å². The molecule has 8 nitrogen and oxygen atoms in total. The second-order valence-corrected chi connectivity index (χ2v) is 8.96. The number of aliphatic carboxylic acids is 1. The summed E-state index contributed by atoms with van der Waals surface area (Å²) in [5, 5.41) is 9.15. The van der Waals surface area contributed by atoms with Crippen molar-refractivity contribution >= 4 is 55.3 Å². The van der Waals surface area contributed by atoms with Crippen molar-refractivity contribution < 1.29 is 28.6 Å². The van der Waals surface area contributed by atoms with E-state index in [1.165, 1.54) is 25.0 Å². The van der Waals surface area contributed by atoms with Gasteiger partial charge in [-0.25, -0.2) is 14.0 Å². The van der Waals surface area contributed by atoms with Crippen molar-refractivity contribution in [1.82, 2.24) is 14.7 Å². The van der Waals surface area contributed by atoms with Crippen molar-refractivity contribution in [3.8, 4) is 0 Å². The number of likely N-dealkylation sites (tertiary alicyclic amines) is 1. The monoisotopic (exact) mass is 551 g/mol. The molecule has 0 bridgehead atoms.